The van der Waals surface area contributed by atoms with Crippen LogP contribution in [0.1, 0.15) is 6.92 Å². The third-order valence-corrected chi connectivity index (χ3v) is 0.454. The highest BCUT2D eigenvalue weighted by molar-refractivity contribution is 7.80. The maximum Gasteiger partial charge on any atom is 0.291 e. The summed E-state index contributed by atoms with van der Waals surface area (Å²) in [6.07, 6.45) is 0. The fourth-order valence-corrected chi connectivity index (χ4v) is 0. The van der Waals surface area contributed by atoms with Gasteiger partial charge in [0.2, 0.25) is 0 Å². The van der Waals surface area contributed by atoms with Gasteiger partial charge in [0.25, 0.3) is 5.09 Å². The van der Waals surface area contributed by atoms with Crippen LogP contribution in [0.5, 0.6) is 0 Å². The molecule has 6 heteroatoms. The predicted molar refractivity (Wildman–Crippen MR) is 36.1 cm³/mol. The van der Waals surface area contributed by atoms with Crippen LogP contribution in [0.4, 0.5) is 0 Å². The van der Waals surface area contributed by atoms with E-state index in [4.69, 9.17) is 21.1 Å². The SMILES string of the molecule is CC(=S)CN.O=[N+]([O-])O. The molecule has 0 unspecified atom stereocenters. The summed E-state index contributed by atoms with van der Waals surface area (Å²) in [4.78, 5) is 9.23. The Morgan fingerprint density at radius 1 is 2.00 bits per heavy atom. The zero-order valence-electron chi connectivity index (χ0n) is 4.90. The molecule has 0 spiro atoms. The number of nitrogens with zero attached hydrogens (tertiary/aromatic N) is 1. The van der Waals surface area contributed by atoms with E-state index < -0.39 is 5.09 Å². The van der Waals surface area contributed by atoms with Crippen LogP contribution in [0.2, 0.25) is 0 Å². The third kappa shape index (κ3) is 128. The fraction of sp³-hybridized carbons (Fsp3) is 0.667. The van der Waals surface area contributed by atoms with Gasteiger partial charge in [0.15, 0.2) is 0 Å². The quantitative estimate of drug-likeness (QED) is 0.313. The molecule has 0 amide bonds. The molecule has 0 saturated carbocycles. The summed E-state index contributed by atoms with van der Waals surface area (Å²) in [5.74, 6) is 0. The molecular weight excluding hydrogens is 144 g/mol. The van der Waals surface area contributed by atoms with Crippen LogP contribution in [-0.2, 0) is 0 Å². The van der Waals surface area contributed by atoms with Gasteiger partial charge in [-0.25, -0.2) is 0 Å². The lowest BCUT2D eigenvalue weighted by Gasteiger charge is -1.77. The molecule has 0 radical (unpaired) electrons. The summed E-state index contributed by atoms with van der Waals surface area (Å²) in [7, 11) is 0. The monoisotopic (exact) mass is 152 g/mol. The highest BCUT2D eigenvalue weighted by atomic mass is 32.1. The molecule has 0 heterocycles. The second-order valence-corrected chi connectivity index (χ2v) is 1.84. The Kier molecular flexibility index (Phi) is 8.94. The van der Waals surface area contributed by atoms with E-state index in [-0.39, 0.29) is 0 Å². The lowest BCUT2D eigenvalue weighted by Crippen LogP contribution is -2.05. The van der Waals surface area contributed by atoms with Gasteiger partial charge in [0, 0.05) is 11.4 Å². The van der Waals surface area contributed by atoms with E-state index >= 15 is 0 Å². The molecule has 0 atom stereocenters. The first-order valence-electron chi connectivity index (χ1n) is 2.03. The zero-order chi connectivity index (χ0) is 7.86. The van der Waals surface area contributed by atoms with Crippen molar-refractivity contribution >= 4 is 17.1 Å². The van der Waals surface area contributed by atoms with Crippen LogP contribution >= 0.6 is 12.2 Å². The Labute approximate surface area is 57.6 Å². The standard InChI is InChI=1S/C3H7NS.HNO3/c1-3(5)2-4;2-1(3)4/h2,4H2,1H3;(H,2,3,4). The predicted octanol–water partition coefficient (Wildman–Crippen LogP) is -0.0128. The Hall–Kier alpha value is -0.750. The van der Waals surface area contributed by atoms with Gasteiger partial charge in [-0.05, 0) is 6.92 Å². The van der Waals surface area contributed by atoms with Crippen LogP contribution in [0.3, 0.4) is 0 Å². The van der Waals surface area contributed by atoms with Crippen molar-refractivity contribution < 1.29 is 10.3 Å². The molecule has 3 N–H and O–H groups in total. The average molecular weight is 152 g/mol. The van der Waals surface area contributed by atoms with E-state index in [0.29, 0.717) is 6.54 Å². The number of thiocarbonyl (C=S) groups is 1. The van der Waals surface area contributed by atoms with E-state index in [0.717, 1.165) is 4.86 Å². The lowest BCUT2D eigenvalue weighted by molar-refractivity contribution is -0.742. The second-order valence-electron chi connectivity index (χ2n) is 1.14. The average Bonchev–Trinajstić information content (AvgIpc) is 1.65. The summed E-state index contributed by atoms with van der Waals surface area (Å²) in [5, 5.41) is 13.6. The van der Waals surface area contributed by atoms with Gasteiger partial charge < -0.3 is 10.9 Å². The minimum absolute atomic E-state index is 0.537. The van der Waals surface area contributed by atoms with Crippen molar-refractivity contribution in [2.24, 2.45) is 5.73 Å². The number of nitrogens with two attached hydrogens (primary N) is 1. The van der Waals surface area contributed by atoms with Crippen molar-refractivity contribution in [1.29, 1.82) is 0 Å². The van der Waals surface area contributed by atoms with Gasteiger partial charge in [-0.1, -0.05) is 12.2 Å². The van der Waals surface area contributed by atoms with Crippen LogP contribution < -0.4 is 5.73 Å². The molecule has 0 rings (SSSR count). The number of hydrogen-bond donors (Lipinski definition) is 2. The van der Waals surface area contributed by atoms with Crippen LogP contribution in [0.15, 0.2) is 0 Å². The van der Waals surface area contributed by atoms with E-state index in [9.17, 15) is 0 Å². The molecule has 0 aromatic rings. The lowest BCUT2D eigenvalue weighted by atomic mass is 10.5. The molecule has 0 aromatic carbocycles. The summed E-state index contributed by atoms with van der Waals surface area (Å²) in [5.41, 5.74) is 5.03. The van der Waals surface area contributed by atoms with Crippen molar-refractivity contribution in [3.05, 3.63) is 10.1 Å². The molecule has 0 bridgehead atoms. The van der Waals surface area contributed by atoms with E-state index in [1.165, 1.54) is 0 Å². The second kappa shape index (κ2) is 7.25. The Balaban J connectivity index is 0. The zero-order valence-corrected chi connectivity index (χ0v) is 5.72. The molecule has 9 heavy (non-hydrogen) atoms. The van der Waals surface area contributed by atoms with Crippen molar-refractivity contribution in [2.45, 2.75) is 6.92 Å². The number of rotatable bonds is 1. The number of hydrogen-bond acceptors (Lipinski definition) is 4. The first kappa shape index (κ1) is 11.1. The molecule has 0 saturated heterocycles. The van der Waals surface area contributed by atoms with E-state index in [2.05, 4.69) is 12.2 Å². The van der Waals surface area contributed by atoms with Crippen molar-refractivity contribution in [3.8, 4) is 0 Å². The van der Waals surface area contributed by atoms with Gasteiger partial charge in [0.05, 0.1) is 0 Å². The van der Waals surface area contributed by atoms with E-state index in [1.807, 2.05) is 6.92 Å². The Bertz CT molecular complexity index is 101. The topological polar surface area (TPSA) is 89.4 Å². The van der Waals surface area contributed by atoms with Crippen molar-refractivity contribution in [3.63, 3.8) is 0 Å². The van der Waals surface area contributed by atoms with Gasteiger partial charge in [-0.2, -0.15) is 0 Å². The molecule has 0 aliphatic carbocycles. The minimum Gasteiger partial charge on any atom is -0.328 e. The minimum atomic E-state index is -1.50. The molecule has 0 aromatic heterocycles. The Morgan fingerprint density at radius 2 is 2.11 bits per heavy atom. The molecule has 54 valence electrons. The van der Waals surface area contributed by atoms with Gasteiger partial charge in [0.1, 0.15) is 0 Å². The highest BCUT2D eigenvalue weighted by Crippen LogP contribution is 1.62. The maximum atomic E-state index is 8.36. The molecular formula is C3H8N2O3S. The third-order valence-electron chi connectivity index (χ3n) is 0.287. The first-order chi connectivity index (χ1) is 4.00. The van der Waals surface area contributed by atoms with Crippen LogP contribution in [0.25, 0.3) is 0 Å². The van der Waals surface area contributed by atoms with Crippen LogP contribution in [-0.4, -0.2) is 21.7 Å². The summed E-state index contributed by atoms with van der Waals surface area (Å²) in [6.45, 7) is 2.37. The molecule has 5 nitrogen and oxygen atoms in total. The van der Waals surface area contributed by atoms with Gasteiger partial charge in [-0.3, -0.25) is 0 Å². The summed E-state index contributed by atoms with van der Waals surface area (Å²) in [6, 6.07) is 0. The summed E-state index contributed by atoms with van der Waals surface area (Å²) < 4.78 is 0. The van der Waals surface area contributed by atoms with Gasteiger partial charge in [-0.15, -0.1) is 10.1 Å². The van der Waals surface area contributed by atoms with Crippen LogP contribution in [0, 0.1) is 10.1 Å². The van der Waals surface area contributed by atoms with Crippen molar-refractivity contribution in [2.75, 3.05) is 6.54 Å². The van der Waals surface area contributed by atoms with E-state index in [1.54, 1.807) is 0 Å². The molecule has 0 fully saturated rings. The molecule has 0 aliphatic rings. The summed E-state index contributed by atoms with van der Waals surface area (Å²) >= 11 is 4.57. The van der Waals surface area contributed by atoms with Gasteiger partial charge >= 0.3 is 0 Å². The molecule has 0 aliphatic heterocycles. The maximum absolute atomic E-state index is 8.36. The fourth-order valence-electron chi connectivity index (χ4n) is 0. The highest BCUT2D eigenvalue weighted by Gasteiger charge is 1.70. The van der Waals surface area contributed by atoms with Crippen molar-refractivity contribution in [1.82, 2.24) is 0 Å². The normalized spacial score (nSPS) is 6.89. The smallest absolute Gasteiger partial charge is 0.291 e. The largest absolute Gasteiger partial charge is 0.328 e. The first-order valence-corrected chi connectivity index (χ1v) is 2.44. The Morgan fingerprint density at radius 3 is 2.11 bits per heavy atom.